The van der Waals surface area contributed by atoms with Gasteiger partial charge in [0.15, 0.2) is 0 Å². The lowest BCUT2D eigenvalue weighted by Crippen LogP contribution is -2.10. The number of rotatable bonds is 6. The molecular formula is C19H22O4. The first-order valence-electron chi connectivity index (χ1n) is 7.67. The Morgan fingerprint density at radius 1 is 1.13 bits per heavy atom. The third kappa shape index (κ3) is 4.33. The van der Waals surface area contributed by atoms with Crippen molar-refractivity contribution in [2.75, 3.05) is 0 Å². The van der Waals surface area contributed by atoms with E-state index in [1.54, 1.807) is 25.1 Å². The van der Waals surface area contributed by atoms with Crippen LogP contribution in [0.25, 0.3) is 0 Å². The molecule has 0 fully saturated rings. The van der Waals surface area contributed by atoms with Crippen molar-refractivity contribution in [3.05, 3.63) is 58.7 Å². The van der Waals surface area contributed by atoms with Crippen LogP contribution in [0.15, 0.2) is 36.4 Å². The molecular weight excluding hydrogens is 292 g/mol. The smallest absolute Gasteiger partial charge is 0.310 e. The standard InChI is InChI=1S/C19H22O4/c1-4-19(21)23-18-7-5-6-15(11-20)16(18)12-22-17-9-8-13(2)10-14(17)3/h5-10,20H,4,11-12H2,1-3H3. The van der Waals surface area contributed by atoms with E-state index >= 15 is 0 Å². The Balaban J connectivity index is 2.24. The fourth-order valence-electron chi connectivity index (χ4n) is 2.32. The van der Waals surface area contributed by atoms with Crippen molar-refractivity contribution < 1.29 is 19.4 Å². The summed E-state index contributed by atoms with van der Waals surface area (Å²) in [6.45, 7) is 5.85. The highest BCUT2D eigenvalue weighted by molar-refractivity contribution is 5.72. The normalized spacial score (nSPS) is 10.4. The maximum Gasteiger partial charge on any atom is 0.310 e. The largest absolute Gasteiger partial charge is 0.488 e. The lowest BCUT2D eigenvalue weighted by atomic mass is 10.1. The molecule has 4 nitrogen and oxygen atoms in total. The van der Waals surface area contributed by atoms with Gasteiger partial charge < -0.3 is 14.6 Å². The van der Waals surface area contributed by atoms with E-state index in [1.165, 1.54) is 5.56 Å². The van der Waals surface area contributed by atoms with Gasteiger partial charge in [-0.3, -0.25) is 4.79 Å². The van der Waals surface area contributed by atoms with Crippen LogP contribution in [0.1, 0.15) is 35.6 Å². The Labute approximate surface area is 136 Å². The topological polar surface area (TPSA) is 55.8 Å². The number of aliphatic hydroxyl groups excluding tert-OH is 1. The number of benzene rings is 2. The van der Waals surface area contributed by atoms with Crippen LogP contribution in [-0.4, -0.2) is 11.1 Å². The van der Waals surface area contributed by atoms with Gasteiger partial charge >= 0.3 is 5.97 Å². The minimum atomic E-state index is -0.312. The Kier molecular flexibility index (Phi) is 5.77. The van der Waals surface area contributed by atoms with Gasteiger partial charge in [0.1, 0.15) is 18.1 Å². The van der Waals surface area contributed by atoms with Crippen LogP contribution < -0.4 is 9.47 Å². The van der Waals surface area contributed by atoms with Gasteiger partial charge in [0.25, 0.3) is 0 Å². The summed E-state index contributed by atoms with van der Waals surface area (Å²) in [6, 6.07) is 11.2. The van der Waals surface area contributed by atoms with Crippen LogP contribution >= 0.6 is 0 Å². The number of hydrogen-bond acceptors (Lipinski definition) is 4. The van der Waals surface area contributed by atoms with E-state index in [9.17, 15) is 9.90 Å². The van der Waals surface area contributed by atoms with Crippen molar-refractivity contribution in [2.45, 2.75) is 40.4 Å². The molecule has 0 amide bonds. The second-order valence-electron chi connectivity index (χ2n) is 5.44. The number of esters is 1. The molecule has 23 heavy (non-hydrogen) atoms. The van der Waals surface area contributed by atoms with E-state index in [-0.39, 0.29) is 19.2 Å². The summed E-state index contributed by atoms with van der Waals surface area (Å²) in [7, 11) is 0. The van der Waals surface area contributed by atoms with Crippen LogP contribution in [0.3, 0.4) is 0 Å². The van der Waals surface area contributed by atoms with Crippen LogP contribution in [0.2, 0.25) is 0 Å². The van der Waals surface area contributed by atoms with E-state index in [1.807, 2.05) is 32.0 Å². The first-order chi connectivity index (χ1) is 11.0. The summed E-state index contributed by atoms with van der Waals surface area (Å²) < 4.78 is 11.2. The number of carbonyl (C=O) groups is 1. The molecule has 0 spiro atoms. The van der Waals surface area contributed by atoms with Gasteiger partial charge in [-0.1, -0.05) is 36.8 Å². The van der Waals surface area contributed by atoms with Gasteiger partial charge in [0.2, 0.25) is 0 Å². The molecule has 0 bridgehead atoms. The van der Waals surface area contributed by atoms with Crippen molar-refractivity contribution in [3.8, 4) is 11.5 Å². The van der Waals surface area contributed by atoms with Crippen molar-refractivity contribution >= 4 is 5.97 Å². The number of carbonyl (C=O) groups excluding carboxylic acids is 1. The minimum absolute atomic E-state index is 0.136. The molecule has 0 aliphatic heterocycles. The molecule has 2 aromatic carbocycles. The average molecular weight is 314 g/mol. The van der Waals surface area contributed by atoms with Gasteiger partial charge in [-0.2, -0.15) is 0 Å². The van der Waals surface area contributed by atoms with Gasteiger partial charge in [-0.05, 0) is 37.1 Å². The molecule has 1 N–H and O–H groups in total. The van der Waals surface area contributed by atoms with Crippen LogP contribution in [0.5, 0.6) is 11.5 Å². The SMILES string of the molecule is CCC(=O)Oc1cccc(CO)c1COc1ccc(C)cc1C. The van der Waals surface area contributed by atoms with Crippen LogP contribution in [0.4, 0.5) is 0 Å². The highest BCUT2D eigenvalue weighted by Gasteiger charge is 2.13. The zero-order chi connectivity index (χ0) is 16.8. The molecule has 4 heteroatoms. The maximum atomic E-state index is 11.6. The number of hydrogen-bond donors (Lipinski definition) is 1. The molecule has 0 heterocycles. The third-order valence-electron chi connectivity index (χ3n) is 3.62. The van der Waals surface area contributed by atoms with Crippen molar-refractivity contribution in [3.63, 3.8) is 0 Å². The summed E-state index contributed by atoms with van der Waals surface area (Å²) in [6.07, 6.45) is 0.292. The number of aliphatic hydroxyl groups is 1. The molecule has 0 radical (unpaired) electrons. The summed E-state index contributed by atoms with van der Waals surface area (Å²) in [4.78, 5) is 11.6. The molecule has 0 aromatic heterocycles. The maximum absolute atomic E-state index is 11.6. The summed E-state index contributed by atoms with van der Waals surface area (Å²) in [5.74, 6) is 0.900. The van der Waals surface area contributed by atoms with Crippen molar-refractivity contribution in [1.29, 1.82) is 0 Å². The predicted octanol–water partition coefficient (Wildman–Crippen LogP) is 3.69. The van der Waals surface area contributed by atoms with Crippen LogP contribution in [-0.2, 0) is 18.0 Å². The molecule has 0 unspecified atom stereocenters. The summed E-state index contributed by atoms with van der Waals surface area (Å²) >= 11 is 0. The Hall–Kier alpha value is -2.33. The second kappa shape index (κ2) is 7.79. The van der Waals surface area contributed by atoms with Gasteiger partial charge in [-0.15, -0.1) is 0 Å². The second-order valence-corrected chi connectivity index (χ2v) is 5.44. The highest BCUT2D eigenvalue weighted by atomic mass is 16.5. The highest BCUT2D eigenvalue weighted by Crippen LogP contribution is 2.26. The zero-order valence-corrected chi connectivity index (χ0v) is 13.8. The molecule has 2 rings (SSSR count). The van der Waals surface area contributed by atoms with Crippen molar-refractivity contribution in [1.82, 2.24) is 0 Å². The average Bonchev–Trinajstić information content (AvgIpc) is 2.54. The van der Waals surface area contributed by atoms with E-state index in [0.717, 1.165) is 11.3 Å². The van der Waals surface area contributed by atoms with Gasteiger partial charge in [0, 0.05) is 12.0 Å². The van der Waals surface area contributed by atoms with E-state index < -0.39 is 0 Å². The predicted molar refractivity (Wildman–Crippen MR) is 88.5 cm³/mol. The van der Waals surface area contributed by atoms with E-state index in [2.05, 4.69) is 0 Å². The quantitative estimate of drug-likeness (QED) is 0.652. The Morgan fingerprint density at radius 2 is 1.91 bits per heavy atom. The fraction of sp³-hybridized carbons (Fsp3) is 0.316. The lowest BCUT2D eigenvalue weighted by molar-refractivity contribution is -0.134. The molecule has 0 saturated heterocycles. The molecule has 2 aromatic rings. The number of ether oxygens (including phenoxy) is 2. The monoisotopic (exact) mass is 314 g/mol. The first-order valence-corrected chi connectivity index (χ1v) is 7.67. The van der Waals surface area contributed by atoms with E-state index in [0.29, 0.717) is 23.3 Å². The van der Waals surface area contributed by atoms with Gasteiger partial charge in [0.05, 0.1) is 6.61 Å². The van der Waals surface area contributed by atoms with E-state index in [4.69, 9.17) is 9.47 Å². The molecule has 0 atom stereocenters. The van der Waals surface area contributed by atoms with Crippen molar-refractivity contribution in [2.24, 2.45) is 0 Å². The lowest BCUT2D eigenvalue weighted by Gasteiger charge is -2.15. The van der Waals surface area contributed by atoms with Gasteiger partial charge in [-0.25, -0.2) is 0 Å². The summed E-state index contributed by atoms with van der Waals surface area (Å²) in [5, 5.41) is 9.53. The molecule has 0 aliphatic rings. The molecule has 0 aliphatic carbocycles. The zero-order valence-electron chi connectivity index (χ0n) is 13.8. The first kappa shape index (κ1) is 17.0. The molecule has 0 saturated carbocycles. The number of aryl methyl sites for hydroxylation is 2. The van der Waals surface area contributed by atoms with Crippen LogP contribution in [0, 0.1) is 13.8 Å². The Morgan fingerprint density at radius 3 is 2.57 bits per heavy atom. The third-order valence-corrected chi connectivity index (χ3v) is 3.62. The molecule has 122 valence electrons. The summed E-state index contributed by atoms with van der Waals surface area (Å²) in [5.41, 5.74) is 3.59. The minimum Gasteiger partial charge on any atom is -0.488 e. The Bertz CT molecular complexity index is 692. The fourth-order valence-corrected chi connectivity index (χ4v) is 2.32.